The summed E-state index contributed by atoms with van der Waals surface area (Å²) < 4.78 is 0. The van der Waals surface area contributed by atoms with Gasteiger partial charge in [0.25, 0.3) is 0 Å². The Morgan fingerprint density at radius 3 is 2.83 bits per heavy atom. The Kier molecular flexibility index (Phi) is 4.40. The summed E-state index contributed by atoms with van der Waals surface area (Å²) in [6, 6.07) is 0.763. The van der Waals surface area contributed by atoms with Gasteiger partial charge in [-0.25, -0.2) is 0 Å². The first-order valence-electron chi connectivity index (χ1n) is 4.73. The molecule has 0 aromatic carbocycles. The SMILES string of the molecule is CN(C)C1CCCN(CCS)C1. The second-order valence-corrected chi connectivity index (χ2v) is 4.23. The number of hydrogen-bond acceptors (Lipinski definition) is 3. The van der Waals surface area contributed by atoms with Crippen molar-refractivity contribution in [3.8, 4) is 0 Å². The molecule has 0 spiro atoms. The van der Waals surface area contributed by atoms with E-state index in [1.807, 2.05) is 0 Å². The van der Waals surface area contributed by atoms with E-state index in [4.69, 9.17) is 0 Å². The predicted molar refractivity (Wildman–Crippen MR) is 57.0 cm³/mol. The summed E-state index contributed by atoms with van der Waals surface area (Å²) in [6.07, 6.45) is 2.70. The largest absolute Gasteiger partial charge is 0.305 e. The van der Waals surface area contributed by atoms with Gasteiger partial charge in [-0.1, -0.05) is 0 Å². The van der Waals surface area contributed by atoms with Crippen molar-refractivity contribution < 1.29 is 0 Å². The molecule has 0 radical (unpaired) electrons. The van der Waals surface area contributed by atoms with Gasteiger partial charge in [0, 0.05) is 24.9 Å². The number of rotatable bonds is 3. The second kappa shape index (κ2) is 5.10. The topological polar surface area (TPSA) is 6.48 Å². The van der Waals surface area contributed by atoms with E-state index in [1.165, 1.54) is 25.9 Å². The summed E-state index contributed by atoms with van der Waals surface area (Å²) in [5.74, 6) is 0.986. The lowest BCUT2D eigenvalue weighted by molar-refractivity contribution is 0.139. The molecule has 12 heavy (non-hydrogen) atoms. The molecule has 1 heterocycles. The minimum Gasteiger partial charge on any atom is -0.305 e. The molecule has 0 aromatic heterocycles. The molecule has 0 N–H and O–H groups in total. The van der Waals surface area contributed by atoms with Gasteiger partial charge in [-0.15, -0.1) is 0 Å². The molecule has 3 heteroatoms. The Morgan fingerprint density at radius 1 is 1.50 bits per heavy atom. The quantitative estimate of drug-likeness (QED) is 0.659. The summed E-state index contributed by atoms with van der Waals surface area (Å²) >= 11 is 4.26. The lowest BCUT2D eigenvalue weighted by Gasteiger charge is -2.35. The van der Waals surface area contributed by atoms with Crippen LogP contribution in [-0.4, -0.2) is 55.3 Å². The summed E-state index contributed by atoms with van der Waals surface area (Å²) in [5.41, 5.74) is 0. The molecule has 72 valence electrons. The van der Waals surface area contributed by atoms with E-state index >= 15 is 0 Å². The van der Waals surface area contributed by atoms with Crippen LogP contribution in [0.1, 0.15) is 12.8 Å². The van der Waals surface area contributed by atoms with Crippen LogP contribution in [0.5, 0.6) is 0 Å². The van der Waals surface area contributed by atoms with Gasteiger partial charge in [0.05, 0.1) is 0 Å². The third-order valence-electron chi connectivity index (χ3n) is 2.63. The van der Waals surface area contributed by atoms with Crippen LogP contribution < -0.4 is 0 Å². The number of piperidine rings is 1. The molecule has 0 amide bonds. The smallest absolute Gasteiger partial charge is 0.0217 e. The average molecular weight is 188 g/mol. The van der Waals surface area contributed by atoms with Crippen molar-refractivity contribution in [3.63, 3.8) is 0 Å². The molecular weight excluding hydrogens is 168 g/mol. The number of nitrogens with zero attached hydrogens (tertiary/aromatic N) is 2. The maximum Gasteiger partial charge on any atom is 0.0217 e. The highest BCUT2D eigenvalue weighted by Crippen LogP contribution is 2.13. The minimum atomic E-state index is 0.763. The zero-order valence-electron chi connectivity index (χ0n) is 8.16. The molecule has 1 aliphatic heterocycles. The zero-order chi connectivity index (χ0) is 8.97. The summed E-state index contributed by atoms with van der Waals surface area (Å²) in [7, 11) is 4.35. The lowest BCUT2D eigenvalue weighted by Crippen LogP contribution is -2.45. The van der Waals surface area contributed by atoms with Crippen LogP contribution in [0.4, 0.5) is 0 Å². The highest BCUT2D eigenvalue weighted by Gasteiger charge is 2.20. The molecule has 0 bridgehead atoms. The molecular formula is C9H20N2S. The van der Waals surface area contributed by atoms with E-state index in [-0.39, 0.29) is 0 Å². The van der Waals surface area contributed by atoms with E-state index < -0.39 is 0 Å². The number of hydrogen-bond donors (Lipinski definition) is 1. The molecule has 1 rings (SSSR count). The maximum atomic E-state index is 4.26. The number of likely N-dealkylation sites (tertiary alicyclic amines) is 1. The van der Waals surface area contributed by atoms with Crippen molar-refractivity contribution in [2.75, 3.05) is 39.5 Å². The van der Waals surface area contributed by atoms with Gasteiger partial charge >= 0.3 is 0 Å². The Balaban J connectivity index is 2.30. The number of thiol groups is 1. The first kappa shape index (κ1) is 10.4. The molecule has 0 saturated carbocycles. The van der Waals surface area contributed by atoms with E-state index in [2.05, 4.69) is 36.5 Å². The third kappa shape index (κ3) is 2.96. The van der Waals surface area contributed by atoms with Crippen LogP contribution in [0.3, 0.4) is 0 Å². The molecule has 0 aromatic rings. The van der Waals surface area contributed by atoms with Crippen LogP contribution in [0.25, 0.3) is 0 Å². The normalized spacial score (nSPS) is 26.5. The monoisotopic (exact) mass is 188 g/mol. The second-order valence-electron chi connectivity index (χ2n) is 3.78. The van der Waals surface area contributed by atoms with Crippen LogP contribution in [0, 0.1) is 0 Å². The van der Waals surface area contributed by atoms with Crippen molar-refractivity contribution in [2.45, 2.75) is 18.9 Å². The van der Waals surface area contributed by atoms with Crippen LogP contribution in [-0.2, 0) is 0 Å². The average Bonchev–Trinajstić information content (AvgIpc) is 2.05. The molecule has 1 unspecified atom stereocenters. The third-order valence-corrected chi connectivity index (χ3v) is 2.83. The Morgan fingerprint density at radius 2 is 2.25 bits per heavy atom. The predicted octanol–water partition coefficient (Wildman–Crippen LogP) is 0.942. The van der Waals surface area contributed by atoms with Crippen molar-refractivity contribution in [1.82, 2.24) is 9.80 Å². The first-order valence-corrected chi connectivity index (χ1v) is 5.37. The van der Waals surface area contributed by atoms with Crippen LogP contribution in [0.15, 0.2) is 0 Å². The Hall–Kier alpha value is 0.270. The molecule has 2 nitrogen and oxygen atoms in total. The summed E-state index contributed by atoms with van der Waals surface area (Å²) in [4.78, 5) is 4.85. The van der Waals surface area contributed by atoms with Gasteiger partial charge in [0.2, 0.25) is 0 Å². The van der Waals surface area contributed by atoms with E-state index in [0.717, 1.165) is 18.3 Å². The van der Waals surface area contributed by atoms with Crippen LogP contribution in [0.2, 0.25) is 0 Å². The van der Waals surface area contributed by atoms with Gasteiger partial charge < -0.3 is 9.80 Å². The zero-order valence-corrected chi connectivity index (χ0v) is 9.06. The fourth-order valence-electron chi connectivity index (χ4n) is 1.80. The molecule has 1 saturated heterocycles. The van der Waals surface area contributed by atoms with Gasteiger partial charge in [-0.3, -0.25) is 0 Å². The van der Waals surface area contributed by atoms with Crippen LogP contribution >= 0.6 is 12.6 Å². The van der Waals surface area contributed by atoms with Gasteiger partial charge in [0.1, 0.15) is 0 Å². The first-order chi connectivity index (χ1) is 5.74. The fourth-order valence-corrected chi connectivity index (χ4v) is 2.08. The fraction of sp³-hybridized carbons (Fsp3) is 1.00. The van der Waals surface area contributed by atoms with E-state index in [1.54, 1.807) is 0 Å². The van der Waals surface area contributed by atoms with E-state index in [9.17, 15) is 0 Å². The van der Waals surface area contributed by atoms with Gasteiger partial charge in [0.15, 0.2) is 0 Å². The van der Waals surface area contributed by atoms with Crippen molar-refractivity contribution in [2.24, 2.45) is 0 Å². The summed E-state index contributed by atoms with van der Waals surface area (Å²) in [5, 5.41) is 0. The van der Waals surface area contributed by atoms with Gasteiger partial charge in [-0.05, 0) is 33.5 Å². The Labute approximate surface area is 81.3 Å². The van der Waals surface area contributed by atoms with Gasteiger partial charge in [-0.2, -0.15) is 12.6 Å². The van der Waals surface area contributed by atoms with Crippen molar-refractivity contribution in [3.05, 3.63) is 0 Å². The van der Waals surface area contributed by atoms with Crippen molar-refractivity contribution >= 4 is 12.6 Å². The van der Waals surface area contributed by atoms with E-state index in [0.29, 0.717) is 0 Å². The molecule has 0 aliphatic carbocycles. The molecule has 1 atom stereocenters. The summed E-state index contributed by atoms with van der Waals surface area (Å²) in [6.45, 7) is 3.64. The highest BCUT2D eigenvalue weighted by molar-refractivity contribution is 7.80. The highest BCUT2D eigenvalue weighted by atomic mass is 32.1. The Bertz CT molecular complexity index is 126. The molecule has 1 aliphatic rings. The van der Waals surface area contributed by atoms with Crippen molar-refractivity contribution in [1.29, 1.82) is 0 Å². The lowest BCUT2D eigenvalue weighted by atomic mass is 10.1. The standard InChI is InChI=1S/C9H20N2S/c1-10(2)9-4-3-5-11(8-9)6-7-12/h9,12H,3-8H2,1-2H3. The maximum absolute atomic E-state index is 4.26. The number of likely N-dealkylation sites (N-methyl/N-ethyl adjacent to an activating group) is 1. The molecule has 1 fully saturated rings. The minimum absolute atomic E-state index is 0.763.